The Morgan fingerprint density at radius 2 is 1.70 bits per heavy atom. The maximum atomic E-state index is 13.0. The Morgan fingerprint density at radius 3 is 2.33 bits per heavy atom. The largest absolute Gasteiger partial charge is 0.363 e. The highest BCUT2D eigenvalue weighted by Gasteiger charge is 2.25. The van der Waals surface area contributed by atoms with Crippen molar-refractivity contribution < 1.29 is 9.72 Å². The van der Waals surface area contributed by atoms with Crippen LogP contribution in [-0.4, -0.2) is 58.7 Å². The number of nitro groups is 1. The minimum Gasteiger partial charge on any atom is -0.363 e. The minimum atomic E-state index is -0.420. The van der Waals surface area contributed by atoms with Crippen LogP contribution in [0.15, 0.2) is 42.5 Å². The second kappa shape index (κ2) is 9.03. The van der Waals surface area contributed by atoms with Gasteiger partial charge in [-0.2, -0.15) is 5.10 Å². The molecule has 0 radical (unpaired) electrons. The first-order valence-electron chi connectivity index (χ1n) is 10.9. The lowest BCUT2D eigenvalue weighted by Gasteiger charge is -2.33. The van der Waals surface area contributed by atoms with E-state index in [2.05, 4.69) is 15.3 Å². The van der Waals surface area contributed by atoms with Crippen LogP contribution in [0.1, 0.15) is 27.3 Å². The number of aromatic nitrogens is 2. The fourth-order valence-electron chi connectivity index (χ4n) is 4.07. The van der Waals surface area contributed by atoms with Crippen molar-refractivity contribution in [3.63, 3.8) is 0 Å². The Balaban J connectivity index is 1.59. The average Bonchev–Trinajstić information content (AvgIpc) is 3.08. The van der Waals surface area contributed by atoms with Crippen molar-refractivity contribution in [1.82, 2.24) is 14.7 Å². The normalized spacial score (nSPS) is 14.4. The smallest absolute Gasteiger partial charge is 0.293 e. The van der Waals surface area contributed by atoms with Crippen molar-refractivity contribution in [2.45, 2.75) is 20.8 Å². The highest BCUT2D eigenvalue weighted by Crippen LogP contribution is 2.31. The molecule has 9 nitrogen and oxygen atoms in total. The van der Waals surface area contributed by atoms with Crippen LogP contribution in [-0.2, 0) is 0 Å². The van der Waals surface area contributed by atoms with Gasteiger partial charge in [0.2, 0.25) is 0 Å². The van der Waals surface area contributed by atoms with Crippen molar-refractivity contribution in [3.05, 3.63) is 75.1 Å². The van der Waals surface area contributed by atoms with Gasteiger partial charge in [0.05, 0.1) is 27.7 Å². The van der Waals surface area contributed by atoms with Crippen molar-refractivity contribution in [3.8, 4) is 5.69 Å². The summed E-state index contributed by atoms with van der Waals surface area (Å²) in [6.45, 7) is 8.82. The zero-order chi connectivity index (χ0) is 23.7. The van der Waals surface area contributed by atoms with Crippen molar-refractivity contribution >= 4 is 23.0 Å². The molecule has 1 amide bonds. The maximum Gasteiger partial charge on any atom is 0.293 e. The second-order valence-corrected chi connectivity index (χ2v) is 8.50. The van der Waals surface area contributed by atoms with Gasteiger partial charge in [-0.15, -0.1) is 0 Å². The number of amides is 1. The van der Waals surface area contributed by atoms with Crippen LogP contribution < -0.4 is 10.2 Å². The molecule has 172 valence electrons. The Morgan fingerprint density at radius 1 is 1.03 bits per heavy atom. The fourth-order valence-corrected chi connectivity index (χ4v) is 4.07. The van der Waals surface area contributed by atoms with Crippen LogP contribution in [0.25, 0.3) is 5.69 Å². The number of likely N-dealkylation sites (N-methyl/N-ethyl adjacent to an activating group) is 1. The van der Waals surface area contributed by atoms with E-state index in [0.29, 0.717) is 30.2 Å². The topological polar surface area (TPSA) is 96.5 Å². The van der Waals surface area contributed by atoms with Crippen LogP contribution in [0.5, 0.6) is 0 Å². The third-order valence-corrected chi connectivity index (χ3v) is 6.09. The van der Waals surface area contributed by atoms with Gasteiger partial charge in [-0.25, -0.2) is 4.68 Å². The summed E-state index contributed by atoms with van der Waals surface area (Å²) in [4.78, 5) is 28.6. The molecule has 0 unspecified atom stereocenters. The first-order valence-corrected chi connectivity index (χ1v) is 10.9. The number of carbonyl (C=O) groups excluding carboxylic acids is 1. The third-order valence-electron chi connectivity index (χ3n) is 6.09. The predicted octanol–water partition coefficient (Wildman–Crippen LogP) is 3.71. The number of nitrogens with one attached hydrogen (secondary N) is 1. The Kier molecular flexibility index (Phi) is 6.15. The number of rotatable bonds is 5. The number of benzene rings is 2. The highest BCUT2D eigenvalue weighted by molar-refractivity contribution is 6.05. The Hall–Kier alpha value is -3.72. The molecular formula is C24H28N6O3. The number of anilines is 2. The standard InChI is InChI=1S/C24H28N6O3/c1-16-5-8-20(9-6-16)29-18(3)23(17(2)26-29)25-24(31)19-7-10-21(22(15-19)30(32)33)28-13-11-27(4)12-14-28/h5-10,15H,11-14H2,1-4H3,(H,25,31). The molecule has 33 heavy (non-hydrogen) atoms. The number of nitrogens with zero attached hydrogens (tertiary/aromatic N) is 5. The highest BCUT2D eigenvalue weighted by atomic mass is 16.6. The molecule has 0 atom stereocenters. The fraction of sp³-hybridized carbons (Fsp3) is 0.333. The van der Waals surface area contributed by atoms with Gasteiger partial charge in [-0.05, 0) is 52.1 Å². The van der Waals surface area contributed by atoms with Gasteiger partial charge in [-0.3, -0.25) is 14.9 Å². The number of piperazine rings is 1. The van der Waals surface area contributed by atoms with E-state index in [1.807, 2.05) is 57.0 Å². The van der Waals surface area contributed by atoms with Gasteiger partial charge >= 0.3 is 0 Å². The Bertz CT molecular complexity index is 1190. The average molecular weight is 449 g/mol. The molecule has 9 heteroatoms. The van der Waals surface area contributed by atoms with Crippen molar-refractivity contribution in [1.29, 1.82) is 0 Å². The molecule has 1 saturated heterocycles. The Labute approximate surface area is 192 Å². The van der Waals surface area contributed by atoms with E-state index in [1.165, 1.54) is 6.07 Å². The molecule has 1 aliphatic heterocycles. The molecule has 0 saturated carbocycles. The van der Waals surface area contributed by atoms with Crippen LogP contribution in [0, 0.1) is 30.9 Å². The summed E-state index contributed by atoms with van der Waals surface area (Å²) >= 11 is 0. The number of hydrogen-bond acceptors (Lipinski definition) is 6. The first kappa shape index (κ1) is 22.5. The molecular weight excluding hydrogens is 420 g/mol. The van der Waals surface area contributed by atoms with Crippen LogP contribution >= 0.6 is 0 Å². The van der Waals surface area contributed by atoms with Crippen molar-refractivity contribution in [2.75, 3.05) is 43.4 Å². The van der Waals surface area contributed by atoms with E-state index in [4.69, 9.17) is 0 Å². The maximum absolute atomic E-state index is 13.0. The van der Waals surface area contributed by atoms with Gasteiger partial charge < -0.3 is 15.1 Å². The van der Waals surface area contributed by atoms with E-state index in [-0.39, 0.29) is 11.3 Å². The SMILES string of the molecule is Cc1ccc(-n2nc(C)c(NC(=O)c3ccc(N4CCN(C)CC4)c([N+](=O)[O-])c3)c2C)cc1. The summed E-state index contributed by atoms with van der Waals surface area (Å²) in [5.74, 6) is -0.405. The second-order valence-electron chi connectivity index (χ2n) is 8.50. The van der Waals surface area contributed by atoms with Crippen LogP contribution in [0.2, 0.25) is 0 Å². The van der Waals surface area contributed by atoms with E-state index in [9.17, 15) is 14.9 Å². The molecule has 1 N–H and O–H groups in total. The molecule has 2 heterocycles. The van der Waals surface area contributed by atoms with Crippen LogP contribution in [0.4, 0.5) is 17.1 Å². The van der Waals surface area contributed by atoms with Crippen molar-refractivity contribution in [2.24, 2.45) is 0 Å². The number of carbonyl (C=O) groups is 1. The molecule has 2 aromatic carbocycles. The first-order chi connectivity index (χ1) is 15.7. The summed E-state index contributed by atoms with van der Waals surface area (Å²) in [5.41, 5.74) is 4.83. The summed E-state index contributed by atoms with van der Waals surface area (Å²) in [6.07, 6.45) is 0. The molecule has 0 bridgehead atoms. The lowest BCUT2D eigenvalue weighted by atomic mass is 10.1. The monoisotopic (exact) mass is 448 g/mol. The van der Waals surface area contributed by atoms with E-state index >= 15 is 0 Å². The molecule has 0 aliphatic carbocycles. The lowest BCUT2D eigenvalue weighted by molar-refractivity contribution is -0.384. The number of hydrogen-bond donors (Lipinski definition) is 1. The summed E-state index contributed by atoms with van der Waals surface area (Å²) in [7, 11) is 2.03. The predicted molar refractivity (Wildman–Crippen MR) is 129 cm³/mol. The van der Waals surface area contributed by atoms with E-state index < -0.39 is 10.8 Å². The van der Waals surface area contributed by atoms with Gasteiger partial charge in [0.25, 0.3) is 11.6 Å². The van der Waals surface area contributed by atoms with Gasteiger partial charge in [0, 0.05) is 37.8 Å². The van der Waals surface area contributed by atoms with Gasteiger partial charge in [-0.1, -0.05) is 17.7 Å². The lowest BCUT2D eigenvalue weighted by Crippen LogP contribution is -2.44. The summed E-state index contributed by atoms with van der Waals surface area (Å²) in [6, 6.07) is 12.6. The molecule has 1 fully saturated rings. The number of aryl methyl sites for hydroxylation is 2. The van der Waals surface area contributed by atoms with Crippen LogP contribution in [0.3, 0.4) is 0 Å². The quantitative estimate of drug-likeness (QED) is 0.472. The van der Waals surface area contributed by atoms with Gasteiger partial charge in [0.15, 0.2) is 0 Å². The zero-order valence-electron chi connectivity index (χ0n) is 19.3. The zero-order valence-corrected chi connectivity index (χ0v) is 19.3. The number of nitro benzene ring substituents is 1. The van der Waals surface area contributed by atoms with Gasteiger partial charge in [0.1, 0.15) is 5.69 Å². The minimum absolute atomic E-state index is 0.0593. The van der Waals surface area contributed by atoms with E-state index in [0.717, 1.165) is 30.0 Å². The molecule has 4 rings (SSSR count). The summed E-state index contributed by atoms with van der Waals surface area (Å²) < 4.78 is 1.78. The summed E-state index contributed by atoms with van der Waals surface area (Å²) in [5, 5.41) is 19.2. The molecule has 1 aromatic heterocycles. The van der Waals surface area contributed by atoms with E-state index in [1.54, 1.807) is 16.8 Å². The molecule has 3 aromatic rings. The molecule has 1 aliphatic rings. The third kappa shape index (κ3) is 4.58. The molecule has 0 spiro atoms.